The summed E-state index contributed by atoms with van der Waals surface area (Å²) in [6, 6.07) is -0.246. The van der Waals surface area contributed by atoms with Crippen LogP contribution >= 0.6 is 0 Å². The van der Waals surface area contributed by atoms with Gasteiger partial charge in [-0.1, -0.05) is 12.8 Å². The van der Waals surface area contributed by atoms with E-state index in [1.165, 1.54) is 38.2 Å². The molecular weight excluding hydrogens is 310 g/mol. The van der Waals surface area contributed by atoms with Crippen molar-refractivity contribution in [1.29, 1.82) is 0 Å². The number of nitrogens with one attached hydrogen (secondary N) is 3. The fourth-order valence-corrected chi connectivity index (χ4v) is 3.59. The number of carboxylic acid groups (broad SMARTS) is 1. The zero-order valence-corrected chi connectivity index (χ0v) is 14.1. The highest BCUT2D eigenvalue weighted by atomic mass is 16.4. The number of hydrogen-bond donors (Lipinski definition) is 4. The Morgan fingerprint density at radius 2 is 2.08 bits per heavy atom. The van der Waals surface area contributed by atoms with Gasteiger partial charge >= 0.3 is 5.97 Å². The van der Waals surface area contributed by atoms with Gasteiger partial charge in [-0.25, -0.2) is 0 Å². The van der Waals surface area contributed by atoms with E-state index in [0.717, 1.165) is 6.42 Å². The Labute approximate surface area is 142 Å². The number of aliphatic carboxylic acids is 1. The molecule has 2 amide bonds. The molecule has 0 saturated heterocycles. The number of hydrogen-bond acceptors (Lipinski definition) is 4. The smallest absolute Gasteiger partial charge is 0.303 e. The van der Waals surface area contributed by atoms with Crippen molar-refractivity contribution in [3.8, 4) is 0 Å². The molecule has 3 atom stereocenters. The van der Waals surface area contributed by atoms with E-state index in [-0.39, 0.29) is 24.7 Å². The summed E-state index contributed by atoms with van der Waals surface area (Å²) in [4.78, 5) is 34.1. The van der Waals surface area contributed by atoms with Crippen LogP contribution in [0.4, 0.5) is 0 Å². The van der Waals surface area contributed by atoms with Crippen LogP contribution in [0.15, 0.2) is 11.8 Å². The fraction of sp³-hybridized carbons (Fsp3) is 0.706. The molecule has 7 heteroatoms. The third-order valence-electron chi connectivity index (χ3n) is 4.78. The summed E-state index contributed by atoms with van der Waals surface area (Å²) in [7, 11) is 0. The minimum atomic E-state index is -0.983. The van der Waals surface area contributed by atoms with Gasteiger partial charge in [0.25, 0.3) is 0 Å². The van der Waals surface area contributed by atoms with Crippen LogP contribution in [0.25, 0.3) is 0 Å². The summed E-state index contributed by atoms with van der Waals surface area (Å²) >= 11 is 0. The van der Waals surface area contributed by atoms with Gasteiger partial charge in [0.2, 0.25) is 11.8 Å². The van der Waals surface area contributed by atoms with E-state index in [0.29, 0.717) is 18.5 Å². The van der Waals surface area contributed by atoms with Crippen molar-refractivity contribution >= 4 is 17.8 Å². The Balaban J connectivity index is 1.77. The van der Waals surface area contributed by atoms with Crippen LogP contribution in [0.3, 0.4) is 0 Å². The fourth-order valence-electron chi connectivity index (χ4n) is 3.59. The Kier molecular flexibility index (Phi) is 6.63. The summed E-state index contributed by atoms with van der Waals surface area (Å²) in [6.07, 6.45) is 7.74. The Bertz CT molecular complexity index is 518. The van der Waals surface area contributed by atoms with E-state index < -0.39 is 12.0 Å². The van der Waals surface area contributed by atoms with Crippen LogP contribution in [-0.2, 0) is 14.4 Å². The van der Waals surface area contributed by atoms with Gasteiger partial charge in [-0.05, 0) is 37.5 Å². The summed E-state index contributed by atoms with van der Waals surface area (Å²) < 4.78 is 0. The van der Waals surface area contributed by atoms with Gasteiger partial charge in [0.15, 0.2) is 0 Å². The second-order valence-corrected chi connectivity index (χ2v) is 6.61. The third kappa shape index (κ3) is 5.25. The second kappa shape index (κ2) is 8.70. The van der Waals surface area contributed by atoms with Gasteiger partial charge in [0, 0.05) is 31.8 Å². The number of carbonyl (C=O) groups is 3. The molecule has 0 aromatic heterocycles. The van der Waals surface area contributed by atoms with Crippen molar-refractivity contribution in [2.24, 2.45) is 5.92 Å². The average Bonchev–Trinajstić information content (AvgIpc) is 2.94. The Morgan fingerprint density at radius 3 is 2.79 bits per heavy atom. The van der Waals surface area contributed by atoms with Gasteiger partial charge in [0.1, 0.15) is 6.04 Å². The predicted molar refractivity (Wildman–Crippen MR) is 89.1 cm³/mol. The lowest BCUT2D eigenvalue weighted by Gasteiger charge is -2.27. The molecule has 0 radical (unpaired) electrons. The lowest BCUT2D eigenvalue weighted by molar-refractivity contribution is -0.137. The highest BCUT2D eigenvalue weighted by Crippen LogP contribution is 2.34. The molecule has 134 valence electrons. The van der Waals surface area contributed by atoms with Gasteiger partial charge < -0.3 is 21.1 Å². The van der Waals surface area contributed by atoms with Gasteiger partial charge in [0.05, 0.1) is 0 Å². The van der Waals surface area contributed by atoms with Crippen LogP contribution in [0.5, 0.6) is 0 Å². The van der Waals surface area contributed by atoms with Crippen molar-refractivity contribution < 1.29 is 19.5 Å². The molecule has 2 rings (SSSR count). The van der Waals surface area contributed by atoms with Gasteiger partial charge in [-0.2, -0.15) is 0 Å². The molecule has 1 saturated carbocycles. The molecule has 0 bridgehead atoms. The SMILES string of the molecule is CC(=O)N[C@@H](CCC(=O)O)C(=O)NCCC1=CNC2CCCCC12. The molecule has 1 fully saturated rings. The molecule has 0 aromatic rings. The standard InChI is InChI=1S/C17H27N3O4/c1-11(21)20-15(6-7-16(22)23)17(24)18-9-8-12-10-19-14-5-3-2-4-13(12)14/h10,13-15,19H,2-9H2,1H3,(H,18,24)(H,20,21)(H,22,23)/t13?,14?,15-/m0/s1. The third-order valence-corrected chi connectivity index (χ3v) is 4.78. The van der Waals surface area contributed by atoms with Crippen molar-refractivity contribution in [1.82, 2.24) is 16.0 Å². The molecule has 0 spiro atoms. The first kappa shape index (κ1) is 18.3. The van der Waals surface area contributed by atoms with Gasteiger partial charge in [-0.3, -0.25) is 14.4 Å². The summed E-state index contributed by atoms with van der Waals surface area (Å²) in [5, 5.41) is 17.5. The number of rotatable bonds is 8. The maximum Gasteiger partial charge on any atom is 0.303 e. The number of carbonyl (C=O) groups excluding carboxylic acids is 2. The zero-order chi connectivity index (χ0) is 17.5. The van der Waals surface area contributed by atoms with Crippen LogP contribution in [0, 0.1) is 5.92 Å². The van der Waals surface area contributed by atoms with Crippen molar-refractivity contribution in [2.75, 3.05) is 6.54 Å². The number of carboxylic acids is 1. The molecule has 1 aliphatic heterocycles. The first-order valence-corrected chi connectivity index (χ1v) is 8.69. The summed E-state index contributed by atoms with van der Waals surface area (Å²) in [5.74, 6) is -1.07. The maximum absolute atomic E-state index is 12.2. The number of fused-ring (bicyclic) bond motifs is 1. The highest BCUT2D eigenvalue weighted by Gasteiger charge is 2.31. The first-order valence-electron chi connectivity index (χ1n) is 8.69. The monoisotopic (exact) mass is 337 g/mol. The second-order valence-electron chi connectivity index (χ2n) is 6.61. The van der Waals surface area contributed by atoms with E-state index in [1.54, 1.807) is 0 Å². The van der Waals surface area contributed by atoms with E-state index >= 15 is 0 Å². The normalized spacial score (nSPS) is 23.5. The minimum Gasteiger partial charge on any atom is -0.481 e. The van der Waals surface area contributed by atoms with Crippen LogP contribution in [-0.4, -0.2) is 41.5 Å². The first-order chi connectivity index (χ1) is 11.5. The lowest BCUT2D eigenvalue weighted by Crippen LogP contribution is -2.46. The molecular formula is C17H27N3O4. The van der Waals surface area contributed by atoms with E-state index in [4.69, 9.17) is 5.11 Å². The summed E-state index contributed by atoms with van der Waals surface area (Å²) in [6.45, 7) is 1.82. The van der Waals surface area contributed by atoms with Crippen molar-refractivity contribution in [3.05, 3.63) is 11.8 Å². The molecule has 2 aliphatic rings. The van der Waals surface area contributed by atoms with Crippen LogP contribution in [0.1, 0.15) is 51.9 Å². The zero-order valence-electron chi connectivity index (χ0n) is 14.1. The highest BCUT2D eigenvalue weighted by molar-refractivity contribution is 5.87. The average molecular weight is 337 g/mol. The van der Waals surface area contributed by atoms with E-state index in [2.05, 4.69) is 22.2 Å². The predicted octanol–water partition coefficient (Wildman–Crippen LogP) is 0.908. The molecule has 7 nitrogen and oxygen atoms in total. The maximum atomic E-state index is 12.2. The summed E-state index contributed by atoms with van der Waals surface area (Å²) in [5.41, 5.74) is 1.35. The largest absolute Gasteiger partial charge is 0.481 e. The van der Waals surface area contributed by atoms with E-state index in [9.17, 15) is 14.4 Å². The molecule has 0 aromatic carbocycles. The van der Waals surface area contributed by atoms with Crippen molar-refractivity contribution in [2.45, 2.75) is 64.0 Å². The molecule has 1 heterocycles. The van der Waals surface area contributed by atoms with Crippen LogP contribution < -0.4 is 16.0 Å². The molecule has 24 heavy (non-hydrogen) atoms. The Hall–Kier alpha value is -2.05. The Morgan fingerprint density at radius 1 is 1.33 bits per heavy atom. The van der Waals surface area contributed by atoms with Gasteiger partial charge in [-0.15, -0.1) is 0 Å². The number of amides is 2. The molecule has 1 aliphatic carbocycles. The van der Waals surface area contributed by atoms with Crippen molar-refractivity contribution in [3.63, 3.8) is 0 Å². The minimum absolute atomic E-state index is 0.0930. The van der Waals surface area contributed by atoms with E-state index in [1.807, 2.05) is 0 Å². The topological polar surface area (TPSA) is 108 Å². The molecule has 4 N–H and O–H groups in total. The quantitative estimate of drug-likeness (QED) is 0.526. The molecule has 2 unspecified atom stereocenters. The lowest BCUT2D eigenvalue weighted by atomic mass is 9.81. The van der Waals surface area contributed by atoms with Crippen LogP contribution in [0.2, 0.25) is 0 Å².